The fraction of sp³-hybridized carbons (Fsp3) is 0.333. The predicted molar refractivity (Wildman–Crippen MR) is 69.3 cm³/mol. The summed E-state index contributed by atoms with van der Waals surface area (Å²) < 4.78 is 3.07. The fourth-order valence-electron chi connectivity index (χ4n) is 1.97. The lowest BCUT2D eigenvalue weighted by Crippen LogP contribution is -2.03. The number of hydrogen-bond acceptors (Lipinski definition) is 3. The van der Waals surface area contributed by atoms with Crippen LogP contribution in [0.3, 0.4) is 0 Å². The Morgan fingerprint density at radius 2 is 2.12 bits per heavy atom. The summed E-state index contributed by atoms with van der Waals surface area (Å²) in [5.74, 6) is 0. The summed E-state index contributed by atoms with van der Waals surface area (Å²) >= 11 is 3.58. The molecule has 0 spiro atoms. The molecule has 2 aromatic rings. The van der Waals surface area contributed by atoms with Crippen molar-refractivity contribution in [3.05, 3.63) is 34.4 Å². The Balaban J connectivity index is 2.18. The van der Waals surface area contributed by atoms with Crippen molar-refractivity contribution in [1.82, 2.24) is 15.0 Å². The Kier molecular flexibility index (Phi) is 2.72. The highest BCUT2D eigenvalue weighted by Gasteiger charge is 2.29. The van der Waals surface area contributed by atoms with Crippen LogP contribution in [0.15, 0.2) is 28.7 Å². The molecule has 17 heavy (non-hydrogen) atoms. The van der Waals surface area contributed by atoms with Gasteiger partial charge in [0.25, 0.3) is 0 Å². The monoisotopic (exact) mass is 292 g/mol. The molecule has 0 atom stereocenters. The second-order valence-corrected chi connectivity index (χ2v) is 5.10. The second kappa shape index (κ2) is 4.23. The van der Waals surface area contributed by atoms with Gasteiger partial charge in [-0.05, 0) is 18.9 Å². The predicted octanol–water partition coefficient (Wildman–Crippen LogP) is 2.50. The third-order valence-corrected chi connectivity index (χ3v) is 3.67. The zero-order valence-electron chi connectivity index (χ0n) is 9.31. The lowest BCUT2D eigenvalue weighted by atomic mass is 10.1. The maximum absolute atomic E-state index is 5.74. The fourth-order valence-corrected chi connectivity index (χ4v) is 2.44. The summed E-state index contributed by atoms with van der Waals surface area (Å²) in [6.07, 6.45) is 2.37. The van der Waals surface area contributed by atoms with Gasteiger partial charge in [-0.1, -0.05) is 39.3 Å². The van der Waals surface area contributed by atoms with E-state index in [1.165, 1.54) is 12.8 Å². The maximum atomic E-state index is 5.74. The first-order valence-corrected chi connectivity index (χ1v) is 6.49. The Hall–Kier alpha value is -1.20. The topological polar surface area (TPSA) is 56.7 Å². The first-order chi connectivity index (χ1) is 8.31. The largest absolute Gasteiger partial charge is 0.325 e. The molecule has 0 bridgehead atoms. The molecule has 0 radical (unpaired) electrons. The number of rotatable bonds is 3. The number of halogens is 1. The van der Waals surface area contributed by atoms with Gasteiger partial charge in [-0.15, -0.1) is 5.10 Å². The molecule has 0 amide bonds. The number of nitrogens with zero attached hydrogens (tertiary/aromatic N) is 3. The van der Waals surface area contributed by atoms with Crippen molar-refractivity contribution < 1.29 is 0 Å². The van der Waals surface area contributed by atoms with E-state index in [9.17, 15) is 0 Å². The lowest BCUT2D eigenvalue weighted by molar-refractivity contribution is 0.616. The number of benzene rings is 1. The molecule has 1 aromatic heterocycles. The van der Waals surface area contributed by atoms with Crippen LogP contribution in [0.5, 0.6) is 0 Å². The first-order valence-electron chi connectivity index (χ1n) is 5.70. The summed E-state index contributed by atoms with van der Waals surface area (Å²) in [6.45, 7) is 0.420. The van der Waals surface area contributed by atoms with Gasteiger partial charge >= 0.3 is 0 Å². The molecule has 1 saturated carbocycles. The van der Waals surface area contributed by atoms with Crippen molar-refractivity contribution in [2.24, 2.45) is 5.73 Å². The van der Waals surface area contributed by atoms with Gasteiger partial charge in [0.15, 0.2) is 0 Å². The van der Waals surface area contributed by atoms with Crippen LogP contribution in [0, 0.1) is 0 Å². The Bertz CT molecular complexity index is 545. The molecule has 5 heteroatoms. The summed E-state index contributed by atoms with van der Waals surface area (Å²) in [5, 5.41) is 8.41. The molecule has 2 N–H and O–H groups in total. The van der Waals surface area contributed by atoms with Gasteiger partial charge in [-0.2, -0.15) is 0 Å². The van der Waals surface area contributed by atoms with Crippen LogP contribution in [-0.4, -0.2) is 15.0 Å². The van der Waals surface area contributed by atoms with Crippen LogP contribution < -0.4 is 5.73 Å². The highest BCUT2D eigenvalue weighted by Crippen LogP contribution is 2.39. The first kappa shape index (κ1) is 10.9. The second-order valence-electron chi connectivity index (χ2n) is 4.24. The molecular weight excluding hydrogens is 280 g/mol. The van der Waals surface area contributed by atoms with Crippen molar-refractivity contribution in [3.8, 4) is 11.3 Å². The van der Waals surface area contributed by atoms with Crippen molar-refractivity contribution in [2.75, 3.05) is 0 Å². The van der Waals surface area contributed by atoms with E-state index >= 15 is 0 Å². The average Bonchev–Trinajstić information content (AvgIpc) is 3.10. The van der Waals surface area contributed by atoms with E-state index in [2.05, 4.69) is 32.3 Å². The lowest BCUT2D eigenvalue weighted by Gasteiger charge is -2.08. The number of aromatic nitrogens is 3. The highest BCUT2D eigenvalue weighted by molar-refractivity contribution is 9.10. The van der Waals surface area contributed by atoms with Crippen LogP contribution in [0.25, 0.3) is 11.3 Å². The van der Waals surface area contributed by atoms with Crippen molar-refractivity contribution >= 4 is 15.9 Å². The van der Waals surface area contributed by atoms with Gasteiger partial charge in [0.2, 0.25) is 0 Å². The smallest absolute Gasteiger partial charge is 0.104 e. The SMILES string of the molecule is NCc1nnn(C2CC2)c1-c1ccccc1Br. The Morgan fingerprint density at radius 1 is 1.35 bits per heavy atom. The molecule has 4 nitrogen and oxygen atoms in total. The minimum atomic E-state index is 0.420. The molecule has 88 valence electrons. The van der Waals surface area contributed by atoms with Gasteiger partial charge in [0.1, 0.15) is 5.69 Å². The Labute approximate surface area is 108 Å². The van der Waals surface area contributed by atoms with Crippen LogP contribution in [-0.2, 0) is 6.54 Å². The zero-order chi connectivity index (χ0) is 11.8. The average molecular weight is 293 g/mol. The van der Waals surface area contributed by atoms with Gasteiger partial charge < -0.3 is 5.73 Å². The van der Waals surface area contributed by atoms with Crippen molar-refractivity contribution in [1.29, 1.82) is 0 Å². The minimum Gasteiger partial charge on any atom is -0.325 e. The van der Waals surface area contributed by atoms with E-state index in [0.717, 1.165) is 21.4 Å². The van der Waals surface area contributed by atoms with E-state index in [0.29, 0.717) is 12.6 Å². The Morgan fingerprint density at radius 3 is 2.76 bits per heavy atom. The molecule has 1 aromatic carbocycles. The molecule has 1 fully saturated rings. The molecule has 1 aliphatic carbocycles. The summed E-state index contributed by atoms with van der Waals surface area (Å²) in [5.41, 5.74) is 8.78. The van der Waals surface area contributed by atoms with Crippen LogP contribution in [0.2, 0.25) is 0 Å². The molecular formula is C12H13BrN4. The van der Waals surface area contributed by atoms with E-state index in [1.807, 2.05) is 22.9 Å². The van der Waals surface area contributed by atoms with Gasteiger partial charge in [0, 0.05) is 16.6 Å². The van der Waals surface area contributed by atoms with Crippen molar-refractivity contribution in [3.63, 3.8) is 0 Å². The van der Waals surface area contributed by atoms with Gasteiger partial charge in [-0.25, -0.2) is 4.68 Å². The van der Waals surface area contributed by atoms with Crippen LogP contribution in [0.1, 0.15) is 24.6 Å². The summed E-state index contributed by atoms with van der Waals surface area (Å²) in [7, 11) is 0. The van der Waals surface area contributed by atoms with Crippen LogP contribution in [0.4, 0.5) is 0 Å². The number of hydrogen-bond donors (Lipinski definition) is 1. The number of nitrogens with two attached hydrogens (primary N) is 1. The van der Waals surface area contributed by atoms with E-state index in [1.54, 1.807) is 0 Å². The normalized spacial score (nSPS) is 15.2. The third-order valence-electron chi connectivity index (χ3n) is 2.98. The van der Waals surface area contributed by atoms with Crippen LogP contribution >= 0.6 is 15.9 Å². The molecule has 3 rings (SSSR count). The quantitative estimate of drug-likeness (QED) is 0.946. The van der Waals surface area contributed by atoms with E-state index < -0.39 is 0 Å². The zero-order valence-corrected chi connectivity index (χ0v) is 10.9. The molecule has 0 unspecified atom stereocenters. The standard InChI is InChI=1S/C12H13BrN4/c13-10-4-2-1-3-9(10)12-11(7-14)15-16-17(12)8-5-6-8/h1-4,8H,5-7,14H2. The maximum Gasteiger partial charge on any atom is 0.104 e. The van der Waals surface area contributed by atoms with Gasteiger partial charge in [-0.3, -0.25) is 0 Å². The third kappa shape index (κ3) is 1.89. The van der Waals surface area contributed by atoms with Crippen molar-refractivity contribution in [2.45, 2.75) is 25.4 Å². The van der Waals surface area contributed by atoms with E-state index in [4.69, 9.17) is 5.73 Å². The molecule has 1 aliphatic rings. The highest BCUT2D eigenvalue weighted by atomic mass is 79.9. The molecule has 1 heterocycles. The summed E-state index contributed by atoms with van der Waals surface area (Å²) in [6, 6.07) is 8.62. The molecule has 0 saturated heterocycles. The van der Waals surface area contributed by atoms with E-state index in [-0.39, 0.29) is 0 Å². The van der Waals surface area contributed by atoms with Gasteiger partial charge in [0.05, 0.1) is 11.7 Å². The summed E-state index contributed by atoms with van der Waals surface area (Å²) in [4.78, 5) is 0. The minimum absolute atomic E-state index is 0.420. The molecule has 0 aliphatic heterocycles.